The van der Waals surface area contributed by atoms with E-state index in [1.807, 2.05) is 6.92 Å². The fraction of sp³-hybridized carbons (Fsp3) is 0.667. The minimum Gasteiger partial charge on any atom is -0.357 e. The van der Waals surface area contributed by atoms with Crippen molar-refractivity contribution in [2.45, 2.75) is 63.5 Å². The first-order valence-corrected chi connectivity index (χ1v) is 11.7. The van der Waals surface area contributed by atoms with Crippen molar-refractivity contribution in [3.63, 3.8) is 0 Å². The molecule has 0 saturated heterocycles. The van der Waals surface area contributed by atoms with Crippen molar-refractivity contribution in [2.24, 2.45) is 4.99 Å². The van der Waals surface area contributed by atoms with Crippen LogP contribution in [0.4, 0.5) is 0 Å². The van der Waals surface area contributed by atoms with Crippen molar-refractivity contribution in [3.05, 3.63) is 35.9 Å². The van der Waals surface area contributed by atoms with Crippen molar-refractivity contribution < 1.29 is 8.42 Å². The summed E-state index contributed by atoms with van der Waals surface area (Å²) in [7, 11) is -3.14. The number of guanidine groups is 1. The topological polar surface area (TPSA) is 70.6 Å². The predicted octanol–water partition coefficient (Wildman–Crippen LogP) is 3.88. The number of benzene rings is 1. The lowest BCUT2D eigenvalue weighted by atomic mass is 9.79. The van der Waals surface area contributed by atoms with E-state index in [4.69, 9.17) is 4.99 Å². The molecule has 0 spiro atoms. The van der Waals surface area contributed by atoms with Crippen molar-refractivity contribution in [2.75, 3.05) is 25.4 Å². The predicted molar refractivity (Wildman–Crippen MR) is 130 cm³/mol. The van der Waals surface area contributed by atoms with Gasteiger partial charge in [0, 0.05) is 18.5 Å². The van der Waals surface area contributed by atoms with Gasteiger partial charge in [-0.15, -0.1) is 24.0 Å². The fourth-order valence-electron chi connectivity index (χ4n) is 3.56. The molecule has 0 aliphatic heterocycles. The molecule has 7 heteroatoms. The largest absolute Gasteiger partial charge is 0.357 e. The Morgan fingerprint density at radius 2 is 1.71 bits per heavy atom. The highest BCUT2D eigenvalue weighted by Gasteiger charge is 2.35. The Labute approximate surface area is 188 Å². The first-order chi connectivity index (χ1) is 12.7. The summed E-state index contributed by atoms with van der Waals surface area (Å²) in [4.78, 5) is 4.83. The second-order valence-corrected chi connectivity index (χ2v) is 11.3. The highest BCUT2D eigenvalue weighted by Crippen LogP contribution is 2.41. The second kappa shape index (κ2) is 10.8. The van der Waals surface area contributed by atoms with E-state index in [1.165, 1.54) is 18.4 Å². The first kappa shape index (κ1) is 25.2. The molecule has 2 N–H and O–H groups in total. The van der Waals surface area contributed by atoms with E-state index >= 15 is 0 Å². The molecule has 2 rings (SSSR count). The zero-order valence-corrected chi connectivity index (χ0v) is 20.8. The van der Waals surface area contributed by atoms with Crippen LogP contribution < -0.4 is 10.6 Å². The van der Waals surface area contributed by atoms with Gasteiger partial charge in [0.15, 0.2) is 15.8 Å². The summed E-state index contributed by atoms with van der Waals surface area (Å²) in [5.74, 6) is 0.800. The number of nitrogens with one attached hydrogen (secondary N) is 2. The molecule has 0 atom stereocenters. The van der Waals surface area contributed by atoms with E-state index in [0.717, 1.165) is 25.9 Å². The minimum atomic E-state index is -3.14. The number of rotatable bonds is 7. The first-order valence-electron chi connectivity index (χ1n) is 10.0. The number of hydrogen-bond acceptors (Lipinski definition) is 3. The summed E-state index contributed by atoms with van der Waals surface area (Å²) < 4.78 is 23.9. The quantitative estimate of drug-likeness (QED) is 0.325. The molecular weight excluding hydrogens is 485 g/mol. The summed E-state index contributed by atoms with van der Waals surface area (Å²) in [5, 5.41) is 6.45. The van der Waals surface area contributed by atoms with E-state index < -0.39 is 14.6 Å². The number of aliphatic imine (C=N–C) groups is 1. The highest BCUT2D eigenvalue weighted by molar-refractivity contribution is 14.0. The SMILES string of the molecule is CCNC(=NCC1(c2ccccc2)CCCC1)NCCS(=O)(=O)C(C)(C)C.I. The Morgan fingerprint density at radius 3 is 2.25 bits per heavy atom. The summed E-state index contributed by atoms with van der Waals surface area (Å²) in [5.41, 5.74) is 1.46. The number of hydrogen-bond donors (Lipinski definition) is 2. The normalized spacial score (nSPS) is 17.1. The van der Waals surface area contributed by atoms with Crippen LogP contribution in [0.5, 0.6) is 0 Å². The summed E-state index contributed by atoms with van der Waals surface area (Å²) >= 11 is 0. The van der Waals surface area contributed by atoms with Gasteiger partial charge in [0.2, 0.25) is 0 Å². The molecule has 0 amide bonds. The van der Waals surface area contributed by atoms with Crippen LogP contribution in [0.3, 0.4) is 0 Å². The standard InChI is InChI=1S/C21H35N3O2S.HI/c1-5-22-19(23-15-16-27(25,26)20(2,3)4)24-17-21(13-9-10-14-21)18-11-7-6-8-12-18;/h6-8,11-12H,5,9-10,13-17H2,1-4H3,(H2,22,23,24);1H. The van der Waals surface area contributed by atoms with Crippen LogP contribution in [-0.2, 0) is 15.3 Å². The van der Waals surface area contributed by atoms with Crippen molar-refractivity contribution >= 4 is 39.8 Å². The van der Waals surface area contributed by atoms with Crippen molar-refractivity contribution in [1.29, 1.82) is 0 Å². The fourth-order valence-corrected chi connectivity index (χ4v) is 4.55. The Morgan fingerprint density at radius 1 is 1.11 bits per heavy atom. The van der Waals surface area contributed by atoms with Gasteiger partial charge in [-0.05, 0) is 46.1 Å². The average molecular weight is 522 g/mol. The van der Waals surface area contributed by atoms with Gasteiger partial charge in [0.1, 0.15) is 0 Å². The Hall–Kier alpha value is -0.830. The molecule has 160 valence electrons. The number of sulfone groups is 1. The van der Waals surface area contributed by atoms with E-state index in [1.54, 1.807) is 20.8 Å². The molecule has 1 saturated carbocycles. The molecular formula is C21H36IN3O2S. The van der Waals surface area contributed by atoms with Gasteiger partial charge in [-0.3, -0.25) is 4.99 Å². The molecule has 0 bridgehead atoms. The zero-order chi connectivity index (χ0) is 20.0. The molecule has 5 nitrogen and oxygen atoms in total. The Kier molecular flexibility index (Phi) is 9.73. The van der Waals surface area contributed by atoms with Crippen molar-refractivity contribution in [1.82, 2.24) is 10.6 Å². The average Bonchev–Trinajstić information content (AvgIpc) is 3.09. The summed E-state index contributed by atoms with van der Waals surface area (Å²) in [6.07, 6.45) is 4.77. The van der Waals surface area contributed by atoms with Gasteiger partial charge in [-0.2, -0.15) is 0 Å². The molecule has 0 heterocycles. The van der Waals surface area contributed by atoms with Crippen LogP contribution in [0.15, 0.2) is 35.3 Å². The van der Waals surface area contributed by atoms with Crippen molar-refractivity contribution in [3.8, 4) is 0 Å². The third-order valence-electron chi connectivity index (χ3n) is 5.43. The molecule has 0 unspecified atom stereocenters. The van der Waals surface area contributed by atoms with Gasteiger partial charge >= 0.3 is 0 Å². The zero-order valence-electron chi connectivity index (χ0n) is 17.6. The van der Waals surface area contributed by atoms with Gasteiger partial charge < -0.3 is 10.6 Å². The lowest BCUT2D eigenvalue weighted by Gasteiger charge is -2.28. The molecule has 1 aliphatic rings. The molecule has 0 aromatic heterocycles. The van der Waals surface area contributed by atoms with E-state index in [-0.39, 0.29) is 35.1 Å². The van der Waals surface area contributed by atoms with Crippen LogP contribution >= 0.6 is 24.0 Å². The van der Waals surface area contributed by atoms with Crippen LogP contribution in [-0.4, -0.2) is 44.5 Å². The maximum Gasteiger partial charge on any atom is 0.191 e. The monoisotopic (exact) mass is 521 g/mol. The van der Waals surface area contributed by atoms with Gasteiger partial charge in [0.05, 0.1) is 17.0 Å². The van der Waals surface area contributed by atoms with Crippen LogP contribution in [0, 0.1) is 0 Å². The molecule has 1 aromatic carbocycles. The van der Waals surface area contributed by atoms with Gasteiger partial charge in [-0.25, -0.2) is 8.42 Å². The molecule has 28 heavy (non-hydrogen) atoms. The highest BCUT2D eigenvalue weighted by atomic mass is 127. The maximum atomic E-state index is 12.3. The molecule has 1 aliphatic carbocycles. The lowest BCUT2D eigenvalue weighted by molar-refractivity contribution is 0.452. The molecule has 0 radical (unpaired) electrons. The number of halogens is 1. The maximum absolute atomic E-state index is 12.3. The summed E-state index contributed by atoms with van der Waals surface area (Å²) in [6, 6.07) is 10.7. The summed E-state index contributed by atoms with van der Waals surface area (Å²) in [6.45, 7) is 9.08. The van der Waals surface area contributed by atoms with Gasteiger partial charge in [-0.1, -0.05) is 43.2 Å². The second-order valence-electron chi connectivity index (χ2n) is 8.41. The lowest BCUT2D eigenvalue weighted by Crippen LogP contribution is -2.42. The Balaban J connectivity index is 0.00000392. The molecule has 1 fully saturated rings. The smallest absolute Gasteiger partial charge is 0.191 e. The third-order valence-corrected chi connectivity index (χ3v) is 8.03. The minimum absolute atomic E-state index is 0. The van der Waals surface area contributed by atoms with Crippen LogP contribution in [0.1, 0.15) is 58.9 Å². The molecule has 1 aromatic rings. The van der Waals surface area contributed by atoms with Gasteiger partial charge in [0.25, 0.3) is 0 Å². The van der Waals surface area contributed by atoms with E-state index in [9.17, 15) is 8.42 Å². The van der Waals surface area contributed by atoms with Crippen LogP contribution in [0.2, 0.25) is 0 Å². The third kappa shape index (κ3) is 6.61. The van der Waals surface area contributed by atoms with E-state index in [0.29, 0.717) is 12.5 Å². The van der Waals surface area contributed by atoms with Crippen LogP contribution in [0.25, 0.3) is 0 Å². The Bertz CT molecular complexity index is 722. The number of nitrogens with zero attached hydrogens (tertiary/aromatic N) is 1. The van der Waals surface area contributed by atoms with E-state index in [2.05, 4.69) is 41.0 Å².